The van der Waals surface area contributed by atoms with Crippen LogP contribution in [0.1, 0.15) is 11.3 Å². The molecule has 0 amide bonds. The largest absolute Gasteiger partial charge is 0.316 e. The summed E-state index contributed by atoms with van der Waals surface area (Å²) < 4.78 is 0.656. The second-order valence-electron chi connectivity index (χ2n) is 3.45. The summed E-state index contributed by atoms with van der Waals surface area (Å²) in [5.74, 6) is 3.17. The van der Waals surface area contributed by atoms with Gasteiger partial charge >= 0.3 is 0 Å². The zero-order valence-corrected chi connectivity index (χ0v) is 10.2. The second-order valence-corrected chi connectivity index (χ2v) is 6.18. The molecule has 1 aliphatic rings. The summed E-state index contributed by atoms with van der Waals surface area (Å²) >= 11 is 9.33. The molecule has 1 saturated heterocycles. The summed E-state index contributed by atoms with van der Waals surface area (Å²) in [6, 6.07) is 0. The maximum Gasteiger partial charge on any atom is 0.183 e. The van der Waals surface area contributed by atoms with E-state index in [1.54, 1.807) is 11.3 Å². The van der Waals surface area contributed by atoms with E-state index in [0.29, 0.717) is 4.47 Å². The smallest absolute Gasteiger partial charge is 0.183 e. The van der Waals surface area contributed by atoms with Gasteiger partial charge in [-0.1, -0.05) is 11.6 Å². The van der Waals surface area contributed by atoms with E-state index in [2.05, 4.69) is 10.3 Å². The van der Waals surface area contributed by atoms with Crippen LogP contribution in [0.5, 0.6) is 0 Å². The van der Waals surface area contributed by atoms with Gasteiger partial charge < -0.3 is 5.32 Å². The minimum atomic E-state index is 0.656. The molecule has 2 rings (SSSR count). The molecule has 0 aliphatic carbocycles. The predicted octanol–water partition coefficient (Wildman–Crippen LogP) is 2.64. The molecule has 0 bridgehead atoms. The van der Waals surface area contributed by atoms with Gasteiger partial charge in [0, 0.05) is 16.8 Å². The van der Waals surface area contributed by atoms with Crippen LogP contribution in [0.25, 0.3) is 0 Å². The molecule has 2 heterocycles. The number of nitrogens with one attached hydrogen (secondary N) is 1. The molecule has 1 N–H and O–H groups in total. The van der Waals surface area contributed by atoms with Gasteiger partial charge in [-0.05, 0) is 31.2 Å². The third-order valence-corrected chi connectivity index (χ3v) is 4.81. The Kier molecular flexibility index (Phi) is 4.10. The molecule has 1 fully saturated rings. The molecule has 2 nitrogen and oxygen atoms in total. The molecule has 0 saturated carbocycles. The molecule has 14 heavy (non-hydrogen) atoms. The van der Waals surface area contributed by atoms with E-state index >= 15 is 0 Å². The van der Waals surface area contributed by atoms with E-state index in [1.165, 1.54) is 30.1 Å². The van der Waals surface area contributed by atoms with Crippen LogP contribution >= 0.6 is 34.7 Å². The highest BCUT2D eigenvalue weighted by Gasteiger charge is 2.14. The van der Waals surface area contributed by atoms with Crippen molar-refractivity contribution in [3.05, 3.63) is 15.5 Å². The highest BCUT2D eigenvalue weighted by molar-refractivity contribution is 7.98. The highest BCUT2D eigenvalue weighted by atomic mass is 35.5. The van der Waals surface area contributed by atoms with Crippen LogP contribution in [-0.4, -0.2) is 23.8 Å². The zero-order chi connectivity index (χ0) is 9.80. The Morgan fingerprint density at radius 3 is 3.29 bits per heavy atom. The lowest BCUT2D eigenvalue weighted by Gasteiger charge is -2.05. The fraction of sp³-hybridized carbons (Fsp3) is 0.667. The van der Waals surface area contributed by atoms with Crippen molar-refractivity contribution in [3.63, 3.8) is 0 Å². The third kappa shape index (κ3) is 3.12. The molecule has 0 unspecified atom stereocenters. The van der Waals surface area contributed by atoms with Crippen molar-refractivity contribution in [2.24, 2.45) is 5.92 Å². The third-order valence-electron chi connectivity index (χ3n) is 2.29. The molecule has 0 aromatic carbocycles. The summed E-state index contributed by atoms with van der Waals surface area (Å²) in [5, 5.41) is 3.38. The van der Waals surface area contributed by atoms with Gasteiger partial charge in [-0.2, -0.15) is 11.8 Å². The number of thiazole rings is 1. The van der Waals surface area contributed by atoms with Crippen LogP contribution in [0.2, 0.25) is 4.47 Å². The van der Waals surface area contributed by atoms with Crippen LogP contribution in [0.4, 0.5) is 0 Å². The Bertz CT molecular complexity index is 284. The maximum atomic E-state index is 5.75. The first-order chi connectivity index (χ1) is 6.84. The molecule has 0 spiro atoms. The second kappa shape index (κ2) is 5.35. The summed E-state index contributed by atoms with van der Waals surface area (Å²) in [4.78, 5) is 5.31. The Hall–Kier alpha value is 0.230. The van der Waals surface area contributed by atoms with E-state index in [0.717, 1.165) is 11.7 Å². The van der Waals surface area contributed by atoms with E-state index in [9.17, 15) is 0 Å². The number of hydrogen-bond donors (Lipinski definition) is 1. The number of rotatable bonds is 4. The average molecular weight is 249 g/mol. The van der Waals surface area contributed by atoms with Crippen LogP contribution in [0.15, 0.2) is 6.20 Å². The van der Waals surface area contributed by atoms with Crippen LogP contribution in [-0.2, 0) is 5.75 Å². The van der Waals surface area contributed by atoms with Gasteiger partial charge in [0.1, 0.15) is 0 Å². The number of halogens is 1. The van der Waals surface area contributed by atoms with Gasteiger partial charge in [0.15, 0.2) is 4.47 Å². The number of hydrogen-bond acceptors (Lipinski definition) is 4. The Morgan fingerprint density at radius 1 is 1.71 bits per heavy atom. The average Bonchev–Trinajstić information content (AvgIpc) is 2.77. The number of nitrogens with zero attached hydrogens (tertiary/aromatic N) is 1. The van der Waals surface area contributed by atoms with Crippen molar-refractivity contribution < 1.29 is 0 Å². The first-order valence-corrected chi connectivity index (χ1v) is 7.08. The van der Waals surface area contributed by atoms with Crippen LogP contribution in [0, 0.1) is 5.92 Å². The predicted molar refractivity (Wildman–Crippen MR) is 64.3 cm³/mol. The zero-order valence-electron chi connectivity index (χ0n) is 7.83. The van der Waals surface area contributed by atoms with Gasteiger partial charge in [-0.3, -0.25) is 0 Å². The van der Waals surface area contributed by atoms with Crippen LogP contribution in [0.3, 0.4) is 0 Å². The van der Waals surface area contributed by atoms with Gasteiger partial charge in [0.05, 0.1) is 0 Å². The van der Waals surface area contributed by atoms with E-state index in [4.69, 9.17) is 11.6 Å². The minimum absolute atomic E-state index is 0.656. The van der Waals surface area contributed by atoms with Crippen LogP contribution < -0.4 is 5.32 Å². The molecule has 1 aromatic rings. The van der Waals surface area contributed by atoms with Crippen molar-refractivity contribution in [2.75, 3.05) is 18.8 Å². The van der Waals surface area contributed by atoms with Gasteiger partial charge in [-0.15, -0.1) is 11.3 Å². The van der Waals surface area contributed by atoms with E-state index < -0.39 is 0 Å². The Balaban J connectivity index is 1.67. The maximum absolute atomic E-state index is 5.75. The standard InChI is InChI=1S/C9H13ClN2S2/c10-9-12-4-8(14-9)6-13-5-7-1-2-11-3-7/h4,7,11H,1-3,5-6H2/t7-/m0/s1. The summed E-state index contributed by atoms with van der Waals surface area (Å²) in [6.45, 7) is 2.38. The summed E-state index contributed by atoms with van der Waals surface area (Å²) in [6.07, 6.45) is 3.21. The first-order valence-electron chi connectivity index (χ1n) is 4.73. The van der Waals surface area contributed by atoms with Gasteiger partial charge in [0.2, 0.25) is 0 Å². The Morgan fingerprint density at radius 2 is 2.64 bits per heavy atom. The highest BCUT2D eigenvalue weighted by Crippen LogP contribution is 2.24. The van der Waals surface area contributed by atoms with Crippen molar-refractivity contribution in [3.8, 4) is 0 Å². The van der Waals surface area contributed by atoms with E-state index in [1.807, 2.05) is 18.0 Å². The number of thioether (sulfide) groups is 1. The van der Waals surface area contributed by atoms with Gasteiger partial charge in [-0.25, -0.2) is 4.98 Å². The van der Waals surface area contributed by atoms with Crippen molar-refractivity contribution in [2.45, 2.75) is 12.2 Å². The summed E-state index contributed by atoms with van der Waals surface area (Å²) in [5.41, 5.74) is 0. The molecular weight excluding hydrogens is 236 g/mol. The lowest BCUT2D eigenvalue weighted by molar-refractivity contribution is 0.662. The SMILES string of the molecule is Clc1ncc(CSC[C@H]2CCNC2)s1. The quantitative estimate of drug-likeness (QED) is 0.887. The molecule has 1 atom stereocenters. The molecule has 1 aromatic heterocycles. The molecule has 78 valence electrons. The number of aromatic nitrogens is 1. The normalized spacial score (nSPS) is 21.6. The molecule has 0 radical (unpaired) electrons. The Labute approximate surface area is 97.5 Å². The lowest BCUT2D eigenvalue weighted by Crippen LogP contribution is -2.10. The molecule has 5 heteroatoms. The molecular formula is C9H13ClN2S2. The lowest BCUT2D eigenvalue weighted by atomic mass is 10.2. The van der Waals surface area contributed by atoms with Crippen molar-refractivity contribution >= 4 is 34.7 Å². The monoisotopic (exact) mass is 248 g/mol. The van der Waals surface area contributed by atoms with Crippen molar-refractivity contribution in [1.82, 2.24) is 10.3 Å². The first kappa shape index (κ1) is 10.7. The van der Waals surface area contributed by atoms with E-state index in [-0.39, 0.29) is 0 Å². The topological polar surface area (TPSA) is 24.9 Å². The van der Waals surface area contributed by atoms with Crippen molar-refractivity contribution in [1.29, 1.82) is 0 Å². The fourth-order valence-corrected chi connectivity index (χ4v) is 3.80. The fourth-order valence-electron chi connectivity index (χ4n) is 1.53. The minimum Gasteiger partial charge on any atom is -0.316 e. The summed E-state index contributed by atoms with van der Waals surface area (Å²) in [7, 11) is 0. The van der Waals surface area contributed by atoms with Gasteiger partial charge in [0.25, 0.3) is 0 Å². The molecule has 1 aliphatic heterocycles.